The first-order chi connectivity index (χ1) is 15.2. The molecule has 0 saturated carbocycles. The first-order valence-electron chi connectivity index (χ1n) is 10.4. The molecule has 6 heteroatoms. The summed E-state index contributed by atoms with van der Waals surface area (Å²) in [7, 11) is 0. The molecule has 0 spiro atoms. The molecule has 4 nitrogen and oxygen atoms in total. The van der Waals surface area contributed by atoms with Crippen molar-refractivity contribution >= 4 is 40.4 Å². The van der Waals surface area contributed by atoms with Crippen LogP contribution in [0.15, 0.2) is 95.0 Å². The zero-order chi connectivity index (χ0) is 21.6. The molecule has 0 aliphatic carbocycles. The molecule has 4 rings (SSSR count). The predicted molar refractivity (Wildman–Crippen MR) is 128 cm³/mol. The lowest BCUT2D eigenvalue weighted by molar-refractivity contribution is -0.670. The summed E-state index contributed by atoms with van der Waals surface area (Å²) < 4.78 is 2.00. The summed E-state index contributed by atoms with van der Waals surface area (Å²) in [4.78, 5) is 14.6. The number of benzene rings is 2. The van der Waals surface area contributed by atoms with Crippen LogP contribution in [0.4, 0.5) is 5.69 Å². The van der Waals surface area contributed by atoms with Crippen LogP contribution in [0.25, 0.3) is 17.0 Å². The van der Waals surface area contributed by atoms with E-state index in [1.165, 1.54) is 15.6 Å². The second kappa shape index (κ2) is 11.3. The summed E-state index contributed by atoms with van der Waals surface area (Å²) in [6.45, 7) is 3.57. The van der Waals surface area contributed by atoms with Crippen LogP contribution < -0.4 is 33.4 Å². The standard InChI is InChI=1S/C26H24N2O2S.HI/c1-2-28-23-13-8-9-14-24(23)31-25(28)15-5-3-4-10-20-16-18-27(19-17-26(29)30)22-12-7-6-11-21(20)22;/h3-16,18H,2,17,19H2,1H3;1H. The summed E-state index contributed by atoms with van der Waals surface area (Å²) in [5, 5.41) is 11.3. The Labute approximate surface area is 210 Å². The molecule has 1 aliphatic heterocycles. The van der Waals surface area contributed by atoms with Crippen molar-refractivity contribution in [3.8, 4) is 0 Å². The zero-order valence-electron chi connectivity index (χ0n) is 17.8. The summed E-state index contributed by atoms with van der Waals surface area (Å²) >= 11 is 1.80. The number of aliphatic carboxylic acids is 1. The number of allylic oxidation sites excluding steroid dienone is 4. The molecule has 1 N–H and O–H groups in total. The van der Waals surface area contributed by atoms with E-state index in [4.69, 9.17) is 5.11 Å². The van der Waals surface area contributed by atoms with E-state index in [2.05, 4.69) is 60.4 Å². The van der Waals surface area contributed by atoms with Crippen molar-refractivity contribution in [1.82, 2.24) is 0 Å². The van der Waals surface area contributed by atoms with Gasteiger partial charge in [0.05, 0.1) is 16.1 Å². The topological polar surface area (TPSA) is 44.4 Å². The third-order valence-electron chi connectivity index (χ3n) is 5.21. The normalized spacial score (nSPS) is 14.4. The average molecular weight is 556 g/mol. The van der Waals surface area contributed by atoms with Crippen LogP contribution in [0.2, 0.25) is 0 Å². The summed E-state index contributed by atoms with van der Waals surface area (Å²) in [5.41, 5.74) is 3.42. The number of hydrogen-bond acceptors (Lipinski definition) is 3. The van der Waals surface area contributed by atoms with Crippen LogP contribution in [-0.2, 0) is 11.3 Å². The van der Waals surface area contributed by atoms with Gasteiger partial charge in [0.2, 0.25) is 5.52 Å². The number of rotatable bonds is 7. The third kappa shape index (κ3) is 5.42. The van der Waals surface area contributed by atoms with E-state index < -0.39 is 5.97 Å². The van der Waals surface area contributed by atoms with Crippen molar-refractivity contribution in [2.45, 2.75) is 24.8 Å². The molecule has 3 aromatic rings. The summed E-state index contributed by atoms with van der Waals surface area (Å²) in [6.07, 6.45) is 12.5. The SMILES string of the molecule is CCN1C(=CC=CC=Cc2cc[n+](CCC(=O)O)c3ccccc23)Sc2ccccc21.[I-]. The number of fused-ring (bicyclic) bond motifs is 2. The Hall–Kier alpha value is -2.58. The minimum Gasteiger partial charge on any atom is -1.00 e. The number of halogens is 1. The second-order valence-corrected chi connectivity index (χ2v) is 8.25. The Bertz CT molecular complexity index is 1200. The quantitative estimate of drug-likeness (QED) is 0.276. The maximum absolute atomic E-state index is 10.9. The van der Waals surface area contributed by atoms with Crippen molar-refractivity contribution in [2.75, 3.05) is 11.4 Å². The third-order valence-corrected chi connectivity index (χ3v) is 6.35. The smallest absolute Gasteiger partial charge is 0.309 e. The number of aryl methyl sites for hydroxylation is 1. The van der Waals surface area contributed by atoms with E-state index in [9.17, 15) is 4.79 Å². The number of nitrogens with zero attached hydrogens (tertiary/aromatic N) is 2. The van der Waals surface area contributed by atoms with Crippen LogP contribution in [-0.4, -0.2) is 17.6 Å². The van der Waals surface area contributed by atoms with Crippen LogP contribution in [0.1, 0.15) is 18.9 Å². The van der Waals surface area contributed by atoms with Gasteiger partial charge in [0.25, 0.3) is 0 Å². The van der Waals surface area contributed by atoms with E-state index in [1.807, 2.05) is 47.2 Å². The van der Waals surface area contributed by atoms with Gasteiger partial charge in [0.15, 0.2) is 12.7 Å². The highest BCUT2D eigenvalue weighted by Crippen LogP contribution is 2.45. The molecule has 0 atom stereocenters. The van der Waals surface area contributed by atoms with Gasteiger partial charge in [-0.3, -0.25) is 4.79 Å². The van der Waals surface area contributed by atoms with E-state index in [0.29, 0.717) is 6.54 Å². The van der Waals surface area contributed by atoms with Gasteiger partial charge in [-0.15, -0.1) is 0 Å². The van der Waals surface area contributed by atoms with E-state index in [-0.39, 0.29) is 30.4 Å². The van der Waals surface area contributed by atoms with Crippen LogP contribution in [0.3, 0.4) is 0 Å². The first kappa shape index (κ1) is 24.1. The molecular formula is C26H25IN2O2S. The van der Waals surface area contributed by atoms with Gasteiger partial charge in [-0.25, -0.2) is 0 Å². The second-order valence-electron chi connectivity index (χ2n) is 7.19. The Balaban J connectivity index is 0.00000289. The van der Waals surface area contributed by atoms with Crippen molar-refractivity contribution in [2.24, 2.45) is 0 Å². The Morgan fingerprint density at radius 2 is 1.84 bits per heavy atom. The first-order valence-corrected chi connectivity index (χ1v) is 11.2. The maximum atomic E-state index is 10.9. The number of aromatic nitrogens is 1. The highest BCUT2D eigenvalue weighted by molar-refractivity contribution is 8.03. The van der Waals surface area contributed by atoms with Crippen molar-refractivity contribution in [3.05, 3.63) is 95.7 Å². The molecule has 1 aliphatic rings. The number of pyridine rings is 1. The fourth-order valence-corrected chi connectivity index (χ4v) is 4.87. The van der Waals surface area contributed by atoms with Crippen LogP contribution >= 0.6 is 11.8 Å². The lowest BCUT2D eigenvalue weighted by atomic mass is 10.1. The Morgan fingerprint density at radius 1 is 1.06 bits per heavy atom. The maximum Gasteiger partial charge on any atom is 0.309 e. The van der Waals surface area contributed by atoms with E-state index in [0.717, 1.165) is 23.0 Å². The number of carboxylic acid groups (broad SMARTS) is 1. The number of carboxylic acids is 1. The fraction of sp³-hybridized carbons (Fsp3) is 0.154. The lowest BCUT2D eigenvalue weighted by Gasteiger charge is -2.17. The zero-order valence-corrected chi connectivity index (χ0v) is 20.8. The molecule has 32 heavy (non-hydrogen) atoms. The fourth-order valence-electron chi connectivity index (χ4n) is 3.73. The number of hydrogen-bond donors (Lipinski definition) is 1. The highest BCUT2D eigenvalue weighted by atomic mass is 127. The predicted octanol–water partition coefficient (Wildman–Crippen LogP) is 2.65. The molecule has 0 fully saturated rings. The van der Waals surface area contributed by atoms with Crippen molar-refractivity contribution in [1.29, 1.82) is 0 Å². The molecule has 2 heterocycles. The van der Waals surface area contributed by atoms with Crippen LogP contribution in [0, 0.1) is 0 Å². The molecule has 1 aromatic heterocycles. The lowest BCUT2D eigenvalue weighted by Crippen LogP contribution is -3.00. The van der Waals surface area contributed by atoms with Crippen molar-refractivity contribution in [3.63, 3.8) is 0 Å². The minimum atomic E-state index is -0.787. The molecule has 164 valence electrons. The van der Waals surface area contributed by atoms with E-state index in [1.54, 1.807) is 11.8 Å². The highest BCUT2D eigenvalue weighted by Gasteiger charge is 2.22. The van der Waals surface area contributed by atoms with Gasteiger partial charge in [0.1, 0.15) is 6.42 Å². The Kier molecular flexibility index (Phi) is 8.53. The monoisotopic (exact) mass is 556 g/mol. The number of thioether (sulfide) groups is 1. The van der Waals surface area contributed by atoms with Gasteiger partial charge in [-0.2, -0.15) is 4.57 Å². The van der Waals surface area contributed by atoms with Crippen molar-refractivity contribution < 1.29 is 38.4 Å². The summed E-state index contributed by atoms with van der Waals surface area (Å²) in [5.74, 6) is -0.787. The molecule has 0 bridgehead atoms. The number of anilines is 1. The van der Waals surface area contributed by atoms with Gasteiger partial charge in [-0.05, 0) is 36.8 Å². The van der Waals surface area contributed by atoms with Gasteiger partial charge in [-0.1, -0.05) is 60.3 Å². The molecule has 0 amide bonds. The van der Waals surface area contributed by atoms with E-state index >= 15 is 0 Å². The average Bonchev–Trinajstić information content (AvgIpc) is 3.15. The molecule has 0 saturated heterocycles. The number of para-hydroxylation sites is 2. The molecule has 0 unspecified atom stereocenters. The van der Waals surface area contributed by atoms with Crippen LogP contribution in [0.5, 0.6) is 0 Å². The summed E-state index contributed by atoms with van der Waals surface area (Å²) in [6, 6.07) is 18.6. The largest absolute Gasteiger partial charge is 1.00 e. The molecule has 0 radical (unpaired) electrons. The van der Waals surface area contributed by atoms with Gasteiger partial charge in [0, 0.05) is 23.6 Å². The Morgan fingerprint density at radius 3 is 2.66 bits per heavy atom. The van der Waals surface area contributed by atoms with Gasteiger partial charge < -0.3 is 34.0 Å². The number of carbonyl (C=O) groups is 1. The minimum absolute atomic E-state index is 0. The molecular weight excluding hydrogens is 531 g/mol. The molecule has 2 aromatic carbocycles. The van der Waals surface area contributed by atoms with Gasteiger partial charge >= 0.3 is 5.97 Å².